The zero-order valence-corrected chi connectivity index (χ0v) is 9.44. The molecule has 1 aliphatic rings. The third kappa shape index (κ3) is 1.65. The summed E-state index contributed by atoms with van der Waals surface area (Å²) in [6.07, 6.45) is 2.13. The largest absolute Gasteiger partial charge is 0.385 e. The maximum absolute atomic E-state index is 10.3. The molecule has 0 saturated heterocycles. The number of halogens is 2. The van der Waals surface area contributed by atoms with Crippen molar-refractivity contribution in [1.82, 2.24) is 0 Å². The Morgan fingerprint density at radius 3 is 2.57 bits per heavy atom. The van der Waals surface area contributed by atoms with E-state index in [0.29, 0.717) is 16.0 Å². The molecule has 76 valence electrons. The highest BCUT2D eigenvalue weighted by Gasteiger charge is 2.42. The molecular formula is C11H12Cl2O. The molecule has 1 N–H and O–H groups in total. The van der Waals surface area contributed by atoms with Crippen molar-refractivity contribution in [2.75, 3.05) is 0 Å². The van der Waals surface area contributed by atoms with Crippen molar-refractivity contribution >= 4 is 23.2 Å². The maximum Gasteiger partial charge on any atom is 0.0911 e. The summed E-state index contributed by atoms with van der Waals surface area (Å²) in [5.74, 6) is 0.332. The first-order valence-corrected chi connectivity index (χ1v) is 5.46. The van der Waals surface area contributed by atoms with E-state index in [0.717, 1.165) is 18.4 Å². The van der Waals surface area contributed by atoms with Crippen LogP contribution in [0.25, 0.3) is 0 Å². The molecular weight excluding hydrogens is 219 g/mol. The van der Waals surface area contributed by atoms with Crippen molar-refractivity contribution in [3.63, 3.8) is 0 Å². The third-order valence-electron chi connectivity index (χ3n) is 2.87. The zero-order chi connectivity index (χ0) is 10.3. The Labute approximate surface area is 93.7 Å². The van der Waals surface area contributed by atoms with Crippen LogP contribution in [-0.4, -0.2) is 5.11 Å². The van der Waals surface area contributed by atoms with Gasteiger partial charge in [-0.3, -0.25) is 0 Å². The van der Waals surface area contributed by atoms with Gasteiger partial charge in [-0.05, 0) is 31.7 Å². The van der Waals surface area contributed by atoms with Gasteiger partial charge >= 0.3 is 0 Å². The van der Waals surface area contributed by atoms with Crippen molar-refractivity contribution in [2.24, 2.45) is 5.92 Å². The van der Waals surface area contributed by atoms with Crippen molar-refractivity contribution < 1.29 is 5.11 Å². The smallest absolute Gasteiger partial charge is 0.0911 e. The molecule has 1 aromatic carbocycles. The monoisotopic (exact) mass is 230 g/mol. The molecule has 0 bridgehead atoms. The number of rotatable bonds is 2. The van der Waals surface area contributed by atoms with E-state index in [2.05, 4.69) is 0 Å². The van der Waals surface area contributed by atoms with Crippen molar-refractivity contribution in [2.45, 2.75) is 25.4 Å². The number of aliphatic hydroxyl groups is 1. The van der Waals surface area contributed by atoms with Crippen LogP contribution in [-0.2, 0) is 5.60 Å². The lowest BCUT2D eigenvalue weighted by Gasteiger charge is -2.25. The molecule has 3 heteroatoms. The summed E-state index contributed by atoms with van der Waals surface area (Å²) in [7, 11) is 0. The van der Waals surface area contributed by atoms with E-state index < -0.39 is 5.60 Å². The lowest BCUT2D eigenvalue weighted by Crippen LogP contribution is -2.24. The Hall–Kier alpha value is -0.240. The fourth-order valence-corrected chi connectivity index (χ4v) is 2.25. The highest BCUT2D eigenvalue weighted by Crippen LogP contribution is 2.48. The van der Waals surface area contributed by atoms with Gasteiger partial charge in [-0.25, -0.2) is 0 Å². The second kappa shape index (κ2) is 3.41. The van der Waals surface area contributed by atoms with Crippen LogP contribution in [0.1, 0.15) is 25.3 Å². The molecule has 0 amide bonds. The highest BCUT2D eigenvalue weighted by atomic mass is 35.5. The summed E-state index contributed by atoms with van der Waals surface area (Å²) in [5, 5.41) is 11.3. The molecule has 1 unspecified atom stereocenters. The summed E-state index contributed by atoms with van der Waals surface area (Å²) >= 11 is 12.0. The molecule has 1 saturated carbocycles. The van der Waals surface area contributed by atoms with Crippen LogP contribution in [0, 0.1) is 5.92 Å². The van der Waals surface area contributed by atoms with Gasteiger partial charge in [0.15, 0.2) is 0 Å². The van der Waals surface area contributed by atoms with Gasteiger partial charge in [0.05, 0.1) is 15.6 Å². The van der Waals surface area contributed by atoms with Gasteiger partial charge in [0.2, 0.25) is 0 Å². The van der Waals surface area contributed by atoms with Crippen molar-refractivity contribution in [3.05, 3.63) is 33.8 Å². The SMILES string of the molecule is CC(O)(c1cccc(Cl)c1Cl)C1CC1. The topological polar surface area (TPSA) is 20.2 Å². The minimum atomic E-state index is -0.831. The molecule has 14 heavy (non-hydrogen) atoms. The average molecular weight is 231 g/mol. The Bertz CT molecular complexity index is 356. The first-order valence-electron chi connectivity index (χ1n) is 4.70. The Morgan fingerprint density at radius 2 is 2.00 bits per heavy atom. The van der Waals surface area contributed by atoms with E-state index in [4.69, 9.17) is 23.2 Å². The van der Waals surface area contributed by atoms with Gasteiger partial charge in [-0.1, -0.05) is 35.3 Å². The summed E-state index contributed by atoms with van der Waals surface area (Å²) in [4.78, 5) is 0. The van der Waals surface area contributed by atoms with Crippen LogP contribution < -0.4 is 0 Å². The molecule has 1 nitrogen and oxygen atoms in total. The van der Waals surface area contributed by atoms with Crippen LogP contribution >= 0.6 is 23.2 Å². The molecule has 1 aliphatic carbocycles. The van der Waals surface area contributed by atoms with Crippen LogP contribution in [0.5, 0.6) is 0 Å². The molecule has 0 aliphatic heterocycles. The fraction of sp³-hybridized carbons (Fsp3) is 0.455. The van der Waals surface area contributed by atoms with Crippen LogP contribution in [0.3, 0.4) is 0 Å². The molecule has 2 rings (SSSR count). The van der Waals surface area contributed by atoms with Gasteiger partial charge in [-0.15, -0.1) is 0 Å². The third-order valence-corrected chi connectivity index (χ3v) is 3.69. The van der Waals surface area contributed by atoms with Gasteiger partial charge in [0.1, 0.15) is 0 Å². The lowest BCUT2D eigenvalue weighted by molar-refractivity contribution is 0.0332. The van der Waals surface area contributed by atoms with E-state index in [9.17, 15) is 5.11 Å². The standard InChI is InChI=1S/C11H12Cl2O/c1-11(14,7-5-6-7)8-3-2-4-9(12)10(8)13/h2-4,7,14H,5-6H2,1H3. The van der Waals surface area contributed by atoms with E-state index in [-0.39, 0.29) is 0 Å². The minimum Gasteiger partial charge on any atom is -0.385 e. The van der Waals surface area contributed by atoms with Crippen molar-refractivity contribution in [3.8, 4) is 0 Å². The summed E-state index contributed by atoms with van der Waals surface area (Å²) < 4.78 is 0. The lowest BCUT2D eigenvalue weighted by atomic mass is 9.91. The molecule has 0 radical (unpaired) electrons. The van der Waals surface area contributed by atoms with E-state index in [1.165, 1.54) is 0 Å². The number of hydrogen-bond donors (Lipinski definition) is 1. The van der Waals surface area contributed by atoms with Gasteiger partial charge in [0, 0.05) is 5.56 Å². The normalized spacial score (nSPS) is 20.6. The van der Waals surface area contributed by atoms with Crippen LogP contribution in [0.2, 0.25) is 10.0 Å². The first kappa shape index (κ1) is 10.3. The minimum absolute atomic E-state index is 0.332. The molecule has 0 spiro atoms. The summed E-state index contributed by atoms with van der Waals surface area (Å²) in [6, 6.07) is 5.39. The Balaban J connectivity index is 2.44. The molecule has 0 aromatic heterocycles. The molecule has 0 heterocycles. The predicted octanol–water partition coefficient (Wildman–Crippen LogP) is 3.61. The maximum atomic E-state index is 10.3. The second-order valence-electron chi connectivity index (χ2n) is 4.02. The van der Waals surface area contributed by atoms with Gasteiger partial charge in [0.25, 0.3) is 0 Å². The number of benzene rings is 1. The summed E-state index contributed by atoms with van der Waals surface area (Å²) in [6.45, 7) is 1.81. The summed E-state index contributed by atoms with van der Waals surface area (Å²) in [5.41, 5.74) is -0.0868. The van der Waals surface area contributed by atoms with E-state index >= 15 is 0 Å². The van der Waals surface area contributed by atoms with Crippen LogP contribution in [0.4, 0.5) is 0 Å². The predicted molar refractivity (Wildman–Crippen MR) is 58.8 cm³/mol. The highest BCUT2D eigenvalue weighted by molar-refractivity contribution is 6.42. The molecule has 1 aromatic rings. The number of hydrogen-bond acceptors (Lipinski definition) is 1. The zero-order valence-electron chi connectivity index (χ0n) is 7.93. The van der Waals surface area contributed by atoms with E-state index in [1.807, 2.05) is 19.1 Å². The van der Waals surface area contributed by atoms with Crippen molar-refractivity contribution in [1.29, 1.82) is 0 Å². The van der Waals surface area contributed by atoms with Crippen LogP contribution in [0.15, 0.2) is 18.2 Å². The molecule has 1 atom stereocenters. The first-order chi connectivity index (χ1) is 6.53. The fourth-order valence-electron chi connectivity index (χ4n) is 1.76. The Morgan fingerprint density at radius 1 is 1.36 bits per heavy atom. The average Bonchev–Trinajstić information content (AvgIpc) is 2.92. The molecule has 1 fully saturated rings. The quantitative estimate of drug-likeness (QED) is 0.824. The van der Waals surface area contributed by atoms with E-state index in [1.54, 1.807) is 6.07 Å². The Kier molecular flexibility index (Phi) is 2.50. The second-order valence-corrected chi connectivity index (χ2v) is 4.81. The van der Waals surface area contributed by atoms with Gasteiger partial charge < -0.3 is 5.11 Å². The van der Waals surface area contributed by atoms with Gasteiger partial charge in [-0.2, -0.15) is 0 Å².